The highest BCUT2D eigenvalue weighted by molar-refractivity contribution is 5.91. The molecule has 100 valence electrons. The van der Waals surface area contributed by atoms with E-state index in [0.717, 1.165) is 11.3 Å². The van der Waals surface area contributed by atoms with Gasteiger partial charge in [0.2, 0.25) is 0 Å². The van der Waals surface area contributed by atoms with Gasteiger partial charge in [0.15, 0.2) is 6.61 Å². The predicted molar refractivity (Wildman–Crippen MR) is 76.5 cm³/mol. The van der Waals surface area contributed by atoms with Gasteiger partial charge in [0.05, 0.1) is 5.56 Å². The van der Waals surface area contributed by atoms with E-state index in [2.05, 4.69) is 5.32 Å². The van der Waals surface area contributed by atoms with Gasteiger partial charge in [-0.2, -0.15) is 5.26 Å². The Hall–Kier alpha value is -2.80. The molecule has 0 unspecified atom stereocenters. The first-order valence-electron chi connectivity index (χ1n) is 6.17. The Bertz CT molecular complexity index is 642. The topological polar surface area (TPSA) is 62.1 Å². The van der Waals surface area contributed by atoms with Crippen molar-refractivity contribution in [1.29, 1.82) is 5.26 Å². The van der Waals surface area contributed by atoms with E-state index in [1.54, 1.807) is 24.3 Å². The van der Waals surface area contributed by atoms with Gasteiger partial charge >= 0.3 is 0 Å². The van der Waals surface area contributed by atoms with Gasteiger partial charge in [-0.15, -0.1) is 0 Å². The number of nitrogens with zero attached hydrogens (tertiary/aromatic N) is 1. The summed E-state index contributed by atoms with van der Waals surface area (Å²) in [5.41, 5.74) is 2.26. The zero-order chi connectivity index (χ0) is 14.4. The minimum absolute atomic E-state index is 0.132. The molecular formula is C16H14N2O2. The fourth-order valence-corrected chi connectivity index (χ4v) is 1.66. The number of nitrogens with one attached hydrogen (secondary N) is 1. The molecule has 2 aromatic carbocycles. The molecule has 0 aliphatic rings. The van der Waals surface area contributed by atoms with Gasteiger partial charge in [-0.1, -0.05) is 29.8 Å². The lowest BCUT2D eigenvalue weighted by molar-refractivity contribution is -0.118. The summed E-state index contributed by atoms with van der Waals surface area (Å²) >= 11 is 0. The predicted octanol–water partition coefficient (Wildman–Crippen LogP) is 2.88. The molecule has 0 fully saturated rings. The number of rotatable bonds is 4. The van der Waals surface area contributed by atoms with Crippen molar-refractivity contribution in [1.82, 2.24) is 0 Å². The number of para-hydroxylation sites is 1. The quantitative estimate of drug-likeness (QED) is 0.925. The van der Waals surface area contributed by atoms with E-state index >= 15 is 0 Å². The number of carbonyl (C=O) groups excluding carboxylic acids is 1. The molecule has 20 heavy (non-hydrogen) atoms. The molecule has 4 nitrogen and oxygen atoms in total. The van der Waals surface area contributed by atoms with Gasteiger partial charge in [-0.25, -0.2) is 0 Å². The highest BCUT2D eigenvalue weighted by atomic mass is 16.5. The van der Waals surface area contributed by atoms with Crippen molar-refractivity contribution < 1.29 is 9.53 Å². The zero-order valence-electron chi connectivity index (χ0n) is 11.1. The van der Waals surface area contributed by atoms with Crippen LogP contribution in [0.4, 0.5) is 5.69 Å². The second-order valence-corrected chi connectivity index (χ2v) is 4.31. The maximum Gasteiger partial charge on any atom is 0.262 e. The lowest BCUT2D eigenvalue weighted by Crippen LogP contribution is -2.20. The minimum Gasteiger partial charge on any atom is -0.482 e. The third-order valence-electron chi connectivity index (χ3n) is 2.70. The lowest BCUT2D eigenvalue weighted by atomic mass is 10.2. The molecule has 0 aliphatic carbocycles. The van der Waals surface area contributed by atoms with Crippen molar-refractivity contribution in [2.45, 2.75) is 6.92 Å². The molecule has 2 aromatic rings. The standard InChI is InChI=1S/C16H14N2O2/c1-12-6-8-14(9-7-12)18-16(19)11-20-15-5-3-2-4-13(15)10-17/h2-9H,11H2,1H3,(H,18,19). The highest BCUT2D eigenvalue weighted by Gasteiger charge is 2.06. The number of hydrogen-bond acceptors (Lipinski definition) is 3. The monoisotopic (exact) mass is 266 g/mol. The summed E-state index contributed by atoms with van der Waals surface area (Å²) in [6.45, 7) is 1.85. The van der Waals surface area contributed by atoms with Gasteiger partial charge in [0.25, 0.3) is 5.91 Å². The molecule has 0 aliphatic heterocycles. The first-order chi connectivity index (χ1) is 9.69. The third kappa shape index (κ3) is 3.59. The van der Waals surface area contributed by atoms with E-state index in [0.29, 0.717) is 11.3 Å². The zero-order valence-corrected chi connectivity index (χ0v) is 11.1. The van der Waals surface area contributed by atoms with Crippen molar-refractivity contribution in [2.75, 3.05) is 11.9 Å². The Balaban J connectivity index is 1.92. The SMILES string of the molecule is Cc1ccc(NC(=O)COc2ccccc2C#N)cc1. The summed E-state index contributed by atoms with van der Waals surface area (Å²) in [6.07, 6.45) is 0. The van der Waals surface area contributed by atoms with Crippen LogP contribution in [0.15, 0.2) is 48.5 Å². The van der Waals surface area contributed by atoms with Gasteiger partial charge in [0, 0.05) is 5.69 Å². The highest BCUT2D eigenvalue weighted by Crippen LogP contribution is 2.16. The summed E-state index contributed by atoms with van der Waals surface area (Å²) in [5.74, 6) is 0.149. The normalized spacial score (nSPS) is 9.60. The molecule has 0 radical (unpaired) electrons. The fraction of sp³-hybridized carbons (Fsp3) is 0.125. The second-order valence-electron chi connectivity index (χ2n) is 4.31. The maximum atomic E-state index is 11.8. The smallest absolute Gasteiger partial charge is 0.262 e. The molecular weight excluding hydrogens is 252 g/mol. The van der Waals surface area contributed by atoms with Crippen molar-refractivity contribution in [3.63, 3.8) is 0 Å². The van der Waals surface area contributed by atoms with Crippen LogP contribution in [0.25, 0.3) is 0 Å². The van der Waals surface area contributed by atoms with Gasteiger partial charge in [-0.05, 0) is 31.2 Å². The number of anilines is 1. The van der Waals surface area contributed by atoms with Gasteiger partial charge < -0.3 is 10.1 Å². The van der Waals surface area contributed by atoms with Crippen LogP contribution < -0.4 is 10.1 Å². The van der Waals surface area contributed by atoms with Gasteiger partial charge in [0.1, 0.15) is 11.8 Å². The van der Waals surface area contributed by atoms with Crippen molar-refractivity contribution >= 4 is 11.6 Å². The summed E-state index contributed by atoms with van der Waals surface area (Å²) in [4.78, 5) is 11.8. The first kappa shape index (κ1) is 13.6. The number of benzene rings is 2. The number of ether oxygens (including phenoxy) is 1. The molecule has 1 amide bonds. The summed E-state index contributed by atoms with van der Waals surface area (Å²) in [5, 5.41) is 11.6. The lowest BCUT2D eigenvalue weighted by Gasteiger charge is -2.08. The Labute approximate surface area is 117 Å². The second kappa shape index (κ2) is 6.39. The van der Waals surface area contributed by atoms with Crippen LogP contribution in [-0.2, 0) is 4.79 Å². The summed E-state index contributed by atoms with van der Waals surface area (Å²) < 4.78 is 5.35. The molecule has 0 heterocycles. The van der Waals surface area contributed by atoms with E-state index in [9.17, 15) is 4.79 Å². The van der Waals surface area contributed by atoms with Crippen LogP contribution in [0, 0.1) is 18.3 Å². The molecule has 4 heteroatoms. The van der Waals surface area contributed by atoms with Crippen molar-refractivity contribution in [2.24, 2.45) is 0 Å². The largest absolute Gasteiger partial charge is 0.482 e. The Kier molecular flexibility index (Phi) is 4.35. The molecule has 1 N–H and O–H groups in total. The number of nitriles is 1. The summed E-state index contributed by atoms with van der Waals surface area (Å²) in [6, 6.07) is 16.3. The average molecular weight is 266 g/mol. The fourth-order valence-electron chi connectivity index (χ4n) is 1.66. The minimum atomic E-state index is -0.262. The van der Waals surface area contributed by atoms with E-state index in [1.807, 2.05) is 37.3 Å². The molecule has 0 saturated carbocycles. The third-order valence-corrected chi connectivity index (χ3v) is 2.70. The van der Waals surface area contributed by atoms with Crippen LogP contribution in [-0.4, -0.2) is 12.5 Å². The number of aryl methyl sites for hydroxylation is 1. The molecule has 2 rings (SSSR count). The molecule has 0 atom stereocenters. The Morgan fingerprint density at radius 3 is 2.60 bits per heavy atom. The molecule has 0 aromatic heterocycles. The van der Waals surface area contributed by atoms with Crippen molar-refractivity contribution in [3.8, 4) is 11.8 Å². The van der Waals surface area contributed by atoms with Crippen LogP contribution in [0.5, 0.6) is 5.75 Å². The van der Waals surface area contributed by atoms with Gasteiger partial charge in [-0.3, -0.25) is 4.79 Å². The number of hydrogen-bond donors (Lipinski definition) is 1. The van der Waals surface area contributed by atoms with Crippen LogP contribution in [0.3, 0.4) is 0 Å². The number of carbonyl (C=O) groups is 1. The molecule has 0 spiro atoms. The molecule has 0 bridgehead atoms. The maximum absolute atomic E-state index is 11.8. The average Bonchev–Trinajstić information content (AvgIpc) is 2.48. The van der Waals surface area contributed by atoms with Crippen molar-refractivity contribution in [3.05, 3.63) is 59.7 Å². The van der Waals surface area contributed by atoms with E-state index < -0.39 is 0 Å². The first-order valence-corrected chi connectivity index (χ1v) is 6.17. The van der Waals surface area contributed by atoms with E-state index in [1.165, 1.54) is 0 Å². The van der Waals surface area contributed by atoms with E-state index in [4.69, 9.17) is 10.00 Å². The summed E-state index contributed by atoms with van der Waals surface area (Å²) in [7, 11) is 0. The van der Waals surface area contributed by atoms with E-state index in [-0.39, 0.29) is 12.5 Å². The van der Waals surface area contributed by atoms with Crippen LogP contribution in [0.2, 0.25) is 0 Å². The Morgan fingerprint density at radius 1 is 1.20 bits per heavy atom. The van der Waals surface area contributed by atoms with Crippen LogP contribution >= 0.6 is 0 Å². The molecule has 0 saturated heterocycles. The number of amides is 1. The van der Waals surface area contributed by atoms with Crippen LogP contribution in [0.1, 0.15) is 11.1 Å². The Morgan fingerprint density at radius 2 is 1.90 bits per heavy atom.